The summed E-state index contributed by atoms with van der Waals surface area (Å²) in [6, 6.07) is 0. The van der Waals surface area contributed by atoms with Gasteiger partial charge in [0.15, 0.2) is 0 Å². The minimum absolute atomic E-state index is 0.0574. The molecule has 1 aliphatic heterocycles. The van der Waals surface area contributed by atoms with Gasteiger partial charge in [0.1, 0.15) is 0 Å². The van der Waals surface area contributed by atoms with Crippen LogP contribution in [0, 0.1) is 5.41 Å². The summed E-state index contributed by atoms with van der Waals surface area (Å²) in [4.78, 5) is 11.3. The van der Waals surface area contributed by atoms with Crippen LogP contribution in [0.15, 0.2) is 0 Å². The molecule has 1 heterocycles. The van der Waals surface area contributed by atoms with E-state index in [1.807, 2.05) is 11.8 Å². The summed E-state index contributed by atoms with van der Waals surface area (Å²) in [5.74, 6) is 1.04. The molecule has 92 valence electrons. The topological polar surface area (TPSA) is 35.5 Å². The van der Waals surface area contributed by atoms with Gasteiger partial charge in [-0.2, -0.15) is 11.8 Å². The summed E-state index contributed by atoms with van der Waals surface area (Å²) in [6.07, 6.45) is 5.41. The zero-order valence-corrected chi connectivity index (χ0v) is 10.7. The Morgan fingerprint density at radius 1 is 1.56 bits per heavy atom. The quantitative estimate of drug-likeness (QED) is 0.695. The number of carbonyl (C=O) groups excluding carboxylic acids is 1. The van der Waals surface area contributed by atoms with Gasteiger partial charge in [-0.1, -0.05) is 0 Å². The lowest BCUT2D eigenvalue weighted by Gasteiger charge is -2.23. The Morgan fingerprint density at radius 3 is 2.94 bits per heavy atom. The number of esters is 1. The van der Waals surface area contributed by atoms with E-state index in [9.17, 15) is 4.79 Å². The Hall–Kier alpha value is -0.220. The number of hydrogen-bond acceptors (Lipinski definition) is 4. The van der Waals surface area contributed by atoms with E-state index in [1.54, 1.807) is 0 Å². The van der Waals surface area contributed by atoms with Gasteiger partial charge in [0.2, 0.25) is 0 Å². The maximum atomic E-state index is 11.3. The van der Waals surface area contributed by atoms with Crippen LogP contribution in [0.1, 0.15) is 32.1 Å². The molecule has 1 saturated carbocycles. The third-order valence-corrected chi connectivity index (χ3v) is 5.07. The first-order chi connectivity index (χ1) is 7.74. The van der Waals surface area contributed by atoms with Crippen molar-refractivity contribution in [1.82, 2.24) is 0 Å². The van der Waals surface area contributed by atoms with Gasteiger partial charge >= 0.3 is 5.97 Å². The predicted octanol–water partition coefficient (Wildman–Crippen LogP) is 2.24. The number of thioether (sulfide) groups is 1. The van der Waals surface area contributed by atoms with E-state index in [4.69, 9.17) is 9.47 Å². The van der Waals surface area contributed by atoms with Crippen molar-refractivity contribution in [2.24, 2.45) is 5.41 Å². The average Bonchev–Trinajstić information content (AvgIpc) is 3.08. The molecule has 0 amide bonds. The summed E-state index contributed by atoms with van der Waals surface area (Å²) < 4.78 is 10.2. The molecule has 4 heteroatoms. The monoisotopic (exact) mass is 244 g/mol. The number of methoxy groups -OCH3 is 1. The van der Waals surface area contributed by atoms with E-state index >= 15 is 0 Å². The molecule has 2 fully saturated rings. The highest BCUT2D eigenvalue weighted by Gasteiger charge is 2.44. The molecule has 2 aliphatic rings. The van der Waals surface area contributed by atoms with Crippen molar-refractivity contribution < 1.29 is 14.3 Å². The van der Waals surface area contributed by atoms with Crippen LogP contribution in [0.2, 0.25) is 0 Å². The largest absolute Gasteiger partial charge is 0.469 e. The molecular formula is C12H20O3S. The minimum atomic E-state index is -0.0574. The smallest absolute Gasteiger partial charge is 0.306 e. The van der Waals surface area contributed by atoms with Gasteiger partial charge in [-0.05, 0) is 36.9 Å². The molecule has 0 N–H and O–H groups in total. The Bertz CT molecular complexity index is 245. The van der Waals surface area contributed by atoms with Crippen LogP contribution >= 0.6 is 11.8 Å². The molecule has 0 spiro atoms. The zero-order valence-electron chi connectivity index (χ0n) is 9.87. The fourth-order valence-electron chi connectivity index (χ4n) is 2.06. The lowest BCUT2D eigenvalue weighted by atomic mass is 10.1. The van der Waals surface area contributed by atoms with Crippen molar-refractivity contribution in [3.8, 4) is 0 Å². The molecule has 1 saturated heterocycles. The standard InChI is InChI=1S/C12H20O3S/c1-14-11(13)7-12(4-5-12)9-16-10-3-2-6-15-8-10/h10H,2-9H2,1H3. The van der Waals surface area contributed by atoms with E-state index in [0.29, 0.717) is 11.7 Å². The van der Waals surface area contributed by atoms with Gasteiger partial charge in [0.25, 0.3) is 0 Å². The normalized spacial score (nSPS) is 27.4. The molecule has 16 heavy (non-hydrogen) atoms. The summed E-state index contributed by atoms with van der Waals surface area (Å²) in [5, 5.41) is 0.642. The number of ether oxygens (including phenoxy) is 2. The second-order valence-corrected chi connectivity index (χ2v) is 6.19. The summed E-state index contributed by atoms with van der Waals surface area (Å²) in [5.41, 5.74) is 0.259. The lowest BCUT2D eigenvalue weighted by molar-refractivity contribution is -0.141. The number of carbonyl (C=O) groups is 1. The van der Waals surface area contributed by atoms with E-state index < -0.39 is 0 Å². The first-order valence-corrected chi connectivity index (χ1v) is 7.05. The lowest BCUT2D eigenvalue weighted by Crippen LogP contribution is -2.22. The van der Waals surface area contributed by atoms with Crippen LogP contribution in [0.4, 0.5) is 0 Å². The maximum Gasteiger partial charge on any atom is 0.306 e. The van der Waals surface area contributed by atoms with Crippen LogP contribution in [0.3, 0.4) is 0 Å². The molecule has 0 aromatic rings. The van der Waals surface area contributed by atoms with Gasteiger partial charge in [-0.3, -0.25) is 4.79 Å². The second-order valence-electron chi connectivity index (χ2n) is 4.90. The highest BCUT2D eigenvalue weighted by molar-refractivity contribution is 7.99. The molecule has 3 nitrogen and oxygen atoms in total. The minimum Gasteiger partial charge on any atom is -0.469 e. The van der Waals surface area contributed by atoms with Crippen molar-refractivity contribution in [2.75, 3.05) is 26.1 Å². The van der Waals surface area contributed by atoms with Crippen LogP contribution in [-0.2, 0) is 14.3 Å². The van der Waals surface area contributed by atoms with Crippen LogP contribution in [0.25, 0.3) is 0 Å². The fourth-order valence-corrected chi connectivity index (χ4v) is 3.57. The summed E-state index contributed by atoms with van der Waals surface area (Å²) in [6.45, 7) is 1.81. The third-order valence-electron chi connectivity index (χ3n) is 3.45. The van der Waals surface area contributed by atoms with Crippen LogP contribution in [0.5, 0.6) is 0 Å². The van der Waals surface area contributed by atoms with Gasteiger partial charge in [0, 0.05) is 11.9 Å². The van der Waals surface area contributed by atoms with Crippen LogP contribution < -0.4 is 0 Å². The van der Waals surface area contributed by atoms with E-state index in [2.05, 4.69) is 0 Å². The molecule has 0 radical (unpaired) electrons. The van der Waals surface area contributed by atoms with Gasteiger partial charge < -0.3 is 9.47 Å². The van der Waals surface area contributed by atoms with E-state index in [1.165, 1.54) is 32.8 Å². The van der Waals surface area contributed by atoms with Crippen molar-refractivity contribution in [3.63, 3.8) is 0 Å². The maximum absolute atomic E-state index is 11.3. The molecule has 1 atom stereocenters. The molecule has 1 unspecified atom stereocenters. The Labute approximate surface area is 101 Å². The molecule has 0 bridgehead atoms. The first kappa shape index (κ1) is 12.2. The first-order valence-electron chi connectivity index (χ1n) is 6.00. The highest BCUT2D eigenvalue weighted by Crippen LogP contribution is 2.52. The SMILES string of the molecule is COC(=O)CC1(CSC2CCCOC2)CC1. The van der Waals surface area contributed by atoms with E-state index in [0.717, 1.165) is 19.0 Å². The number of rotatable bonds is 5. The van der Waals surface area contributed by atoms with Crippen molar-refractivity contribution in [2.45, 2.75) is 37.4 Å². The van der Waals surface area contributed by atoms with Crippen molar-refractivity contribution in [1.29, 1.82) is 0 Å². The third kappa shape index (κ3) is 3.39. The van der Waals surface area contributed by atoms with Crippen molar-refractivity contribution in [3.05, 3.63) is 0 Å². The molecular weight excluding hydrogens is 224 g/mol. The average molecular weight is 244 g/mol. The zero-order chi connectivity index (χ0) is 11.4. The Morgan fingerprint density at radius 2 is 2.38 bits per heavy atom. The summed E-state index contributed by atoms with van der Waals surface area (Å²) in [7, 11) is 1.47. The number of hydrogen-bond donors (Lipinski definition) is 0. The van der Waals surface area contributed by atoms with E-state index in [-0.39, 0.29) is 11.4 Å². The summed E-state index contributed by atoms with van der Waals surface area (Å²) >= 11 is 1.99. The molecule has 0 aromatic heterocycles. The van der Waals surface area contributed by atoms with Gasteiger partial charge in [-0.25, -0.2) is 0 Å². The highest BCUT2D eigenvalue weighted by atomic mass is 32.2. The van der Waals surface area contributed by atoms with Crippen molar-refractivity contribution >= 4 is 17.7 Å². The fraction of sp³-hybridized carbons (Fsp3) is 0.917. The van der Waals surface area contributed by atoms with Gasteiger partial charge in [0.05, 0.1) is 20.1 Å². The second kappa shape index (κ2) is 5.41. The van der Waals surface area contributed by atoms with Gasteiger partial charge in [-0.15, -0.1) is 0 Å². The Kier molecular flexibility index (Phi) is 4.14. The Balaban J connectivity index is 1.70. The molecule has 1 aliphatic carbocycles. The van der Waals surface area contributed by atoms with Crippen LogP contribution in [-0.4, -0.2) is 37.3 Å². The molecule has 2 rings (SSSR count). The predicted molar refractivity (Wildman–Crippen MR) is 64.6 cm³/mol. The molecule has 0 aromatic carbocycles.